The highest BCUT2D eigenvalue weighted by atomic mass is 16.4. The molecular formula is C14H19N5O. The Bertz CT molecular complexity index is 627. The van der Waals surface area contributed by atoms with Crippen molar-refractivity contribution in [2.45, 2.75) is 51.7 Å². The second-order valence-corrected chi connectivity index (χ2v) is 5.83. The smallest absolute Gasteiger partial charge is 0.233 e. The lowest BCUT2D eigenvalue weighted by atomic mass is 10.1. The fraction of sp³-hybridized carbons (Fsp3) is 0.643. The molecule has 0 bridgehead atoms. The molecule has 1 unspecified atom stereocenters. The van der Waals surface area contributed by atoms with Crippen LogP contribution >= 0.6 is 0 Å². The summed E-state index contributed by atoms with van der Waals surface area (Å²) in [6.45, 7) is 5.84. The quantitative estimate of drug-likeness (QED) is 0.856. The number of aromatic nitrogens is 4. The monoisotopic (exact) mass is 273 g/mol. The molecule has 106 valence electrons. The molecule has 1 aliphatic carbocycles. The van der Waals surface area contributed by atoms with Crippen molar-refractivity contribution in [1.82, 2.24) is 24.6 Å². The van der Waals surface area contributed by atoms with Crippen molar-refractivity contribution < 1.29 is 4.42 Å². The lowest BCUT2D eigenvalue weighted by Gasteiger charge is -2.30. The van der Waals surface area contributed by atoms with E-state index in [1.165, 1.54) is 24.2 Å². The number of nitrogens with zero attached hydrogens (tertiary/aromatic N) is 5. The predicted molar refractivity (Wildman–Crippen MR) is 72.1 cm³/mol. The van der Waals surface area contributed by atoms with Gasteiger partial charge in [-0.2, -0.15) is 0 Å². The van der Waals surface area contributed by atoms with Gasteiger partial charge < -0.3 is 8.98 Å². The zero-order valence-electron chi connectivity index (χ0n) is 11.9. The van der Waals surface area contributed by atoms with Gasteiger partial charge in [-0.25, -0.2) is 4.98 Å². The summed E-state index contributed by atoms with van der Waals surface area (Å²) in [4.78, 5) is 6.96. The van der Waals surface area contributed by atoms with E-state index in [9.17, 15) is 0 Å². The van der Waals surface area contributed by atoms with Gasteiger partial charge in [0.1, 0.15) is 0 Å². The van der Waals surface area contributed by atoms with E-state index in [1.807, 2.05) is 13.3 Å². The molecule has 6 nitrogen and oxygen atoms in total. The number of fused-ring (bicyclic) bond motifs is 1. The molecule has 3 heterocycles. The van der Waals surface area contributed by atoms with Gasteiger partial charge >= 0.3 is 0 Å². The van der Waals surface area contributed by atoms with Gasteiger partial charge in [0.2, 0.25) is 11.8 Å². The minimum atomic E-state index is 0.149. The molecule has 0 saturated heterocycles. The molecule has 1 aliphatic heterocycles. The lowest BCUT2D eigenvalue weighted by Crippen LogP contribution is -2.33. The van der Waals surface area contributed by atoms with Crippen LogP contribution in [0.2, 0.25) is 0 Å². The first kappa shape index (κ1) is 12.1. The molecular weight excluding hydrogens is 254 g/mol. The Labute approximate surface area is 117 Å². The van der Waals surface area contributed by atoms with Crippen LogP contribution in [0, 0.1) is 6.92 Å². The number of hydrogen-bond donors (Lipinski definition) is 0. The number of imidazole rings is 1. The first-order chi connectivity index (χ1) is 9.72. The molecule has 0 spiro atoms. The van der Waals surface area contributed by atoms with Gasteiger partial charge in [0.05, 0.1) is 18.1 Å². The number of rotatable bonds is 3. The average molecular weight is 273 g/mol. The largest absolute Gasteiger partial charge is 0.424 e. The van der Waals surface area contributed by atoms with E-state index in [0.29, 0.717) is 17.8 Å². The fourth-order valence-electron chi connectivity index (χ4n) is 2.99. The zero-order valence-corrected chi connectivity index (χ0v) is 11.9. The van der Waals surface area contributed by atoms with E-state index >= 15 is 0 Å². The van der Waals surface area contributed by atoms with Gasteiger partial charge in [0, 0.05) is 38.2 Å². The molecule has 20 heavy (non-hydrogen) atoms. The summed E-state index contributed by atoms with van der Waals surface area (Å²) < 4.78 is 7.93. The molecule has 0 aromatic carbocycles. The van der Waals surface area contributed by atoms with Gasteiger partial charge in [-0.15, -0.1) is 10.2 Å². The molecule has 0 amide bonds. The highest BCUT2D eigenvalue weighted by Gasteiger charge is 2.31. The molecule has 2 aliphatic rings. The van der Waals surface area contributed by atoms with E-state index in [0.717, 1.165) is 19.5 Å². The van der Waals surface area contributed by atoms with Crippen molar-refractivity contribution in [2.75, 3.05) is 6.54 Å². The molecule has 2 aromatic heterocycles. The van der Waals surface area contributed by atoms with E-state index in [4.69, 9.17) is 4.42 Å². The Morgan fingerprint density at radius 1 is 1.35 bits per heavy atom. The second kappa shape index (κ2) is 4.41. The Kier molecular flexibility index (Phi) is 2.66. The molecule has 1 saturated carbocycles. The van der Waals surface area contributed by atoms with Crippen molar-refractivity contribution in [2.24, 2.45) is 0 Å². The molecule has 0 radical (unpaired) electrons. The van der Waals surface area contributed by atoms with Crippen LogP contribution in [-0.2, 0) is 13.0 Å². The maximum atomic E-state index is 5.55. The van der Waals surface area contributed by atoms with E-state index in [1.54, 1.807) is 0 Å². The van der Waals surface area contributed by atoms with Crippen LogP contribution in [0.5, 0.6) is 0 Å². The molecule has 1 fully saturated rings. The number of hydrogen-bond acceptors (Lipinski definition) is 5. The summed E-state index contributed by atoms with van der Waals surface area (Å²) in [5, 5.41) is 8.06. The van der Waals surface area contributed by atoms with Crippen molar-refractivity contribution in [3.8, 4) is 0 Å². The van der Waals surface area contributed by atoms with Gasteiger partial charge in [-0.3, -0.25) is 4.90 Å². The topological polar surface area (TPSA) is 60.0 Å². The van der Waals surface area contributed by atoms with Crippen LogP contribution in [0.3, 0.4) is 0 Å². The highest BCUT2D eigenvalue weighted by Crippen LogP contribution is 2.38. The van der Waals surface area contributed by atoms with Crippen molar-refractivity contribution >= 4 is 0 Å². The van der Waals surface area contributed by atoms with Crippen LogP contribution in [0.15, 0.2) is 10.7 Å². The highest BCUT2D eigenvalue weighted by molar-refractivity contribution is 5.19. The lowest BCUT2D eigenvalue weighted by molar-refractivity contribution is 0.162. The Morgan fingerprint density at radius 3 is 2.90 bits per heavy atom. The maximum Gasteiger partial charge on any atom is 0.233 e. The molecule has 4 rings (SSSR count). The first-order valence-electron chi connectivity index (χ1n) is 7.31. The first-order valence-corrected chi connectivity index (χ1v) is 7.31. The molecule has 0 N–H and O–H groups in total. The summed E-state index contributed by atoms with van der Waals surface area (Å²) >= 11 is 0. The summed E-state index contributed by atoms with van der Waals surface area (Å²) in [6.07, 6.45) is 5.70. The van der Waals surface area contributed by atoms with Crippen molar-refractivity contribution in [1.29, 1.82) is 0 Å². The van der Waals surface area contributed by atoms with Crippen LogP contribution in [0.4, 0.5) is 0 Å². The second-order valence-electron chi connectivity index (χ2n) is 5.83. The Balaban J connectivity index is 1.54. The minimum absolute atomic E-state index is 0.149. The van der Waals surface area contributed by atoms with Crippen molar-refractivity contribution in [3.63, 3.8) is 0 Å². The van der Waals surface area contributed by atoms with E-state index in [2.05, 4.69) is 31.6 Å². The van der Waals surface area contributed by atoms with Crippen LogP contribution in [0.25, 0.3) is 0 Å². The SMILES string of the molecule is Cc1nnc(C(C)N2CCc3c(ncn3C3CC3)C2)o1. The third kappa shape index (κ3) is 1.95. The van der Waals surface area contributed by atoms with E-state index < -0.39 is 0 Å². The number of aryl methyl sites for hydroxylation is 1. The normalized spacial score (nSPS) is 20.9. The van der Waals surface area contributed by atoms with Gasteiger partial charge in [0.25, 0.3) is 0 Å². The summed E-state index contributed by atoms with van der Waals surface area (Å²) in [5.74, 6) is 1.33. The standard InChI is InChI=1S/C14H19N5O/c1-9(14-17-16-10(2)20-14)18-6-5-13-12(7-18)15-8-19(13)11-3-4-11/h8-9,11H,3-7H2,1-2H3. The van der Waals surface area contributed by atoms with Gasteiger partial charge in [0.15, 0.2) is 0 Å². The van der Waals surface area contributed by atoms with Gasteiger partial charge in [-0.1, -0.05) is 0 Å². The van der Waals surface area contributed by atoms with Crippen molar-refractivity contribution in [3.05, 3.63) is 29.5 Å². The predicted octanol–water partition coefficient (Wildman–Crippen LogP) is 2.03. The third-order valence-corrected chi connectivity index (χ3v) is 4.36. The Hall–Kier alpha value is -1.69. The Morgan fingerprint density at radius 2 is 2.20 bits per heavy atom. The molecule has 6 heteroatoms. The van der Waals surface area contributed by atoms with Crippen LogP contribution < -0.4 is 0 Å². The van der Waals surface area contributed by atoms with Crippen LogP contribution in [-0.4, -0.2) is 31.2 Å². The van der Waals surface area contributed by atoms with Crippen LogP contribution in [0.1, 0.15) is 55.0 Å². The molecule has 2 aromatic rings. The van der Waals surface area contributed by atoms with E-state index in [-0.39, 0.29) is 6.04 Å². The molecule has 1 atom stereocenters. The summed E-state index contributed by atoms with van der Waals surface area (Å²) in [6, 6.07) is 0.865. The summed E-state index contributed by atoms with van der Waals surface area (Å²) in [5.41, 5.74) is 2.64. The third-order valence-electron chi connectivity index (χ3n) is 4.36. The fourth-order valence-corrected chi connectivity index (χ4v) is 2.99. The maximum absolute atomic E-state index is 5.55. The van der Waals surface area contributed by atoms with Gasteiger partial charge in [-0.05, 0) is 19.8 Å². The summed E-state index contributed by atoms with van der Waals surface area (Å²) in [7, 11) is 0. The minimum Gasteiger partial charge on any atom is -0.424 e. The average Bonchev–Trinajstić information content (AvgIpc) is 3.07. The zero-order chi connectivity index (χ0) is 13.7.